The number of benzene rings is 3. The van der Waals surface area contributed by atoms with Crippen LogP contribution in [0.5, 0.6) is 11.5 Å². The molecule has 1 amide bonds. The Morgan fingerprint density at radius 2 is 1.50 bits per heavy atom. The number of ether oxygens (including phenoxy) is 2. The molecule has 3 rings (SSSR count). The van der Waals surface area contributed by atoms with Crippen LogP contribution in [0.15, 0.2) is 84.0 Å². The number of amides is 1. The van der Waals surface area contributed by atoms with Crippen molar-refractivity contribution in [2.75, 3.05) is 7.11 Å². The zero-order valence-corrected chi connectivity index (χ0v) is 15.2. The second-order valence-electron chi connectivity index (χ2n) is 5.73. The van der Waals surface area contributed by atoms with E-state index >= 15 is 0 Å². The van der Waals surface area contributed by atoms with Crippen molar-refractivity contribution < 1.29 is 19.1 Å². The van der Waals surface area contributed by atoms with Crippen molar-refractivity contribution in [2.45, 2.75) is 0 Å². The SMILES string of the molecule is COc1cc(C=NNC(=O)c2ccccc2)ccc1OC(=O)c1ccccc1. The number of hydrazone groups is 1. The number of nitrogens with one attached hydrogen (secondary N) is 1. The van der Waals surface area contributed by atoms with E-state index < -0.39 is 5.97 Å². The van der Waals surface area contributed by atoms with Gasteiger partial charge in [0.2, 0.25) is 0 Å². The zero-order chi connectivity index (χ0) is 19.8. The van der Waals surface area contributed by atoms with Crippen LogP contribution in [-0.2, 0) is 0 Å². The molecule has 6 heteroatoms. The first kappa shape index (κ1) is 18.8. The summed E-state index contributed by atoms with van der Waals surface area (Å²) in [6.45, 7) is 0. The van der Waals surface area contributed by atoms with Crippen molar-refractivity contribution in [1.82, 2.24) is 5.43 Å². The number of carbonyl (C=O) groups is 2. The fraction of sp³-hybridized carbons (Fsp3) is 0.0455. The van der Waals surface area contributed by atoms with Gasteiger partial charge < -0.3 is 9.47 Å². The third-order valence-corrected chi connectivity index (χ3v) is 3.82. The minimum Gasteiger partial charge on any atom is -0.493 e. The summed E-state index contributed by atoms with van der Waals surface area (Å²) < 4.78 is 10.7. The first-order valence-corrected chi connectivity index (χ1v) is 8.51. The molecule has 0 fully saturated rings. The van der Waals surface area contributed by atoms with Crippen LogP contribution in [0.25, 0.3) is 0 Å². The van der Waals surface area contributed by atoms with Crippen molar-refractivity contribution >= 4 is 18.1 Å². The summed E-state index contributed by atoms with van der Waals surface area (Å²) in [4.78, 5) is 24.2. The summed E-state index contributed by atoms with van der Waals surface area (Å²) in [5, 5.41) is 3.94. The number of hydrogen-bond donors (Lipinski definition) is 1. The van der Waals surface area contributed by atoms with Gasteiger partial charge in [-0.25, -0.2) is 10.2 Å². The largest absolute Gasteiger partial charge is 0.493 e. The summed E-state index contributed by atoms with van der Waals surface area (Å²) in [6.07, 6.45) is 1.48. The molecule has 140 valence electrons. The molecular weight excluding hydrogens is 356 g/mol. The van der Waals surface area contributed by atoms with Gasteiger partial charge in [-0.05, 0) is 48.0 Å². The van der Waals surface area contributed by atoms with E-state index in [9.17, 15) is 9.59 Å². The van der Waals surface area contributed by atoms with Gasteiger partial charge in [0.05, 0.1) is 18.9 Å². The normalized spacial score (nSPS) is 10.5. The quantitative estimate of drug-likeness (QED) is 0.309. The molecule has 0 atom stereocenters. The second-order valence-corrected chi connectivity index (χ2v) is 5.73. The van der Waals surface area contributed by atoms with Crippen LogP contribution in [0.1, 0.15) is 26.3 Å². The van der Waals surface area contributed by atoms with Crippen LogP contribution in [0.2, 0.25) is 0 Å². The Balaban J connectivity index is 1.67. The van der Waals surface area contributed by atoms with E-state index in [1.807, 2.05) is 12.1 Å². The molecule has 0 aromatic heterocycles. The Morgan fingerprint density at radius 1 is 0.857 bits per heavy atom. The van der Waals surface area contributed by atoms with Crippen LogP contribution in [-0.4, -0.2) is 25.2 Å². The van der Waals surface area contributed by atoms with E-state index in [-0.39, 0.29) is 5.91 Å². The molecule has 0 aliphatic carbocycles. The molecule has 0 aliphatic heterocycles. The summed E-state index contributed by atoms with van der Waals surface area (Å²) in [6, 6.07) is 22.4. The van der Waals surface area contributed by atoms with Crippen LogP contribution >= 0.6 is 0 Å². The Labute approximate surface area is 162 Å². The molecule has 0 radical (unpaired) electrons. The molecule has 0 saturated heterocycles. The Morgan fingerprint density at radius 3 is 2.14 bits per heavy atom. The van der Waals surface area contributed by atoms with Gasteiger partial charge in [0.25, 0.3) is 5.91 Å². The van der Waals surface area contributed by atoms with Gasteiger partial charge in [-0.2, -0.15) is 5.10 Å². The molecule has 28 heavy (non-hydrogen) atoms. The predicted molar refractivity (Wildman–Crippen MR) is 106 cm³/mol. The monoisotopic (exact) mass is 374 g/mol. The lowest BCUT2D eigenvalue weighted by Crippen LogP contribution is -2.17. The molecule has 0 spiro atoms. The summed E-state index contributed by atoms with van der Waals surface area (Å²) in [5.41, 5.74) is 4.09. The minimum absolute atomic E-state index is 0.293. The molecule has 0 heterocycles. The van der Waals surface area contributed by atoms with Gasteiger partial charge in [0, 0.05) is 5.56 Å². The molecule has 0 bridgehead atoms. The average Bonchev–Trinajstić information content (AvgIpc) is 2.75. The van der Waals surface area contributed by atoms with Crippen molar-refractivity contribution in [1.29, 1.82) is 0 Å². The molecular formula is C22H18N2O4. The highest BCUT2D eigenvalue weighted by atomic mass is 16.6. The highest BCUT2D eigenvalue weighted by Crippen LogP contribution is 2.28. The fourth-order valence-electron chi connectivity index (χ4n) is 2.40. The average molecular weight is 374 g/mol. The van der Waals surface area contributed by atoms with Crippen molar-refractivity contribution in [3.05, 3.63) is 95.6 Å². The Hall–Kier alpha value is -3.93. The first-order chi connectivity index (χ1) is 13.7. The molecule has 0 aliphatic rings. The first-order valence-electron chi connectivity index (χ1n) is 8.51. The number of nitrogens with zero attached hydrogens (tertiary/aromatic N) is 1. The highest BCUT2D eigenvalue weighted by molar-refractivity contribution is 5.95. The summed E-state index contributed by atoms with van der Waals surface area (Å²) in [5.74, 6) is -0.114. The second kappa shape index (κ2) is 9.14. The zero-order valence-electron chi connectivity index (χ0n) is 15.2. The van der Waals surface area contributed by atoms with Gasteiger partial charge in [0.1, 0.15) is 0 Å². The lowest BCUT2D eigenvalue weighted by atomic mass is 10.2. The Kier molecular flexibility index (Phi) is 6.15. The number of hydrogen-bond acceptors (Lipinski definition) is 5. The lowest BCUT2D eigenvalue weighted by Gasteiger charge is -2.10. The Bertz CT molecular complexity index is 986. The standard InChI is InChI=1S/C22H18N2O4/c1-27-20-14-16(15-23-24-21(25)17-8-4-2-5-9-17)12-13-19(20)28-22(26)18-10-6-3-7-11-18/h2-15H,1H3,(H,24,25). The van der Waals surface area contributed by atoms with E-state index in [0.717, 1.165) is 0 Å². The molecule has 3 aromatic carbocycles. The van der Waals surface area contributed by atoms with E-state index in [4.69, 9.17) is 9.47 Å². The van der Waals surface area contributed by atoms with Gasteiger partial charge in [-0.1, -0.05) is 36.4 Å². The van der Waals surface area contributed by atoms with E-state index in [2.05, 4.69) is 10.5 Å². The number of carbonyl (C=O) groups excluding carboxylic acids is 2. The number of rotatable bonds is 6. The van der Waals surface area contributed by atoms with Gasteiger partial charge in [-0.3, -0.25) is 4.79 Å². The van der Waals surface area contributed by atoms with Gasteiger partial charge in [-0.15, -0.1) is 0 Å². The molecule has 0 saturated carbocycles. The maximum absolute atomic E-state index is 12.2. The van der Waals surface area contributed by atoms with E-state index in [1.165, 1.54) is 13.3 Å². The van der Waals surface area contributed by atoms with E-state index in [0.29, 0.717) is 28.2 Å². The van der Waals surface area contributed by atoms with Crippen molar-refractivity contribution in [3.63, 3.8) is 0 Å². The molecule has 3 aromatic rings. The smallest absolute Gasteiger partial charge is 0.343 e. The maximum atomic E-state index is 12.2. The fourth-order valence-corrected chi connectivity index (χ4v) is 2.40. The van der Waals surface area contributed by atoms with Crippen molar-refractivity contribution in [2.24, 2.45) is 5.10 Å². The third kappa shape index (κ3) is 4.82. The van der Waals surface area contributed by atoms with Crippen LogP contribution in [0.3, 0.4) is 0 Å². The number of esters is 1. The van der Waals surface area contributed by atoms with Gasteiger partial charge in [0.15, 0.2) is 11.5 Å². The van der Waals surface area contributed by atoms with Gasteiger partial charge >= 0.3 is 5.97 Å². The maximum Gasteiger partial charge on any atom is 0.343 e. The van der Waals surface area contributed by atoms with Crippen LogP contribution in [0.4, 0.5) is 0 Å². The predicted octanol–water partition coefficient (Wildman–Crippen LogP) is 3.68. The highest BCUT2D eigenvalue weighted by Gasteiger charge is 2.12. The van der Waals surface area contributed by atoms with Crippen molar-refractivity contribution in [3.8, 4) is 11.5 Å². The van der Waals surface area contributed by atoms with Crippen LogP contribution < -0.4 is 14.9 Å². The molecule has 0 unspecified atom stereocenters. The van der Waals surface area contributed by atoms with E-state index in [1.54, 1.807) is 66.7 Å². The minimum atomic E-state index is -0.476. The molecule has 1 N–H and O–H groups in total. The summed E-state index contributed by atoms with van der Waals surface area (Å²) in [7, 11) is 1.48. The molecule has 6 nitrogen and oxygen atoms in total. The third-order valence-electron chi connectivity index (χ3n) is 3.82. The lowest BCUT2D eigenvalue weighted by molar-refractivity contribution is 0.0729. The van der Waals surface area contributed by atoms with Crippen LogP contribution in [0, 0.1) is 0 Å². The topological polar surface area (TPSA) is 77.0 Å². The number of methoxy groups -OCH3 is 1. The summed E-state index contributed by atoms with van der Waals surface area (Å²) >= 11 is 0.